The molecule has 1 N–H and O–H groups in total. The summed E-state index contributed by atoms with van der Waals surface area (Å²) in [7, 11) is 0. The third kappa shape index (κ3) is 5.39. The summed E-state index contributed by atoms with van der Waals surface area (Å²) in [6.45, 7) is 13.9. The Kier molecular flexibility index (Phi) is 7.25. The molecule has 0 fully saturated rings. The van der Waals surface area contributed by atoms with Gasteiger partial charge in [0.15, 0.2) is 5.76 Å². The number of fused-ring (bicyclic) bond motifs is 1. The van der Waals surface area contributed by atoms with Crippen LogP contribution < -0.4 is 14.8 Å². The monoisotopic (exact) mass is 475 g/mol. The number of hydrogen-bond donors (Lipinski definition) is 1. The van der Waals surface area contributed by atoms with Crippen molar-refractivity contribution in [3.63, 3.8) is 0 Å². The van der Waals surface area contributed by atoms with Gasteiger partial charge in [-0.15, -0.1) is 0 Å². The van der Waals surface area contributed by atoms with Gasteiger partial charge in [0, 0.05) is 13.0 Å². The van der Waals surface area contributed by atoms with Gasteiger partial charge in [0.2, 0.25) is 0 Å². The van der Waals surface area contributed by atoms with Crippen molar-refractivity contribution in [3.05, 3.63) is 81.3 Å². The SMILES string of the molecule is CCOc1ccccc1CCNC(=O)c1ccc(Cc2c(C)c(C)c3c(c2C)CCC(C)(C)O3)o1. The Morgan fingerprint density at radius 3 is 2.60 bits per heavy atom. The number of carbonyl (C=O) groups is 1. The molecule has 0 saturated carbocycles. The third-order valence-corrected chi connectivity index (χ3v) is 7.08. The predicted octanol–water partition coefficient (Wildman–Crippen LogP) is 6.27. The van der Waals surface area contributed by atoms with Gasteiger partial charge < -0.3 is 19.2 Å². The highest BCUT2D eigenvalue weighted by molar-refractivity contribution is 5.91. The Bertz CT molecular complexity index is 1220. The molecule has 0 bridgehead atoms. The number of ether oxygens (including phenoxy) is 2. The zero-order valence-electron chi connectivity index (χ0n) is 21.8. The van der Waals surface area contributed by atoms with E-state index in [9.17, 15) is 4.79 Å². The quantitative estimate of drug-likeness (QED) is 0.417. The molecule has 35 heavy (non-hydrogen) atoms. The molecule has 1 aliphatic heterocycles. The topological polar surface area (TPSA) is 60.7 Å². The lowest BCUT2D eigenvalue weighted by Crippen LogP contribution is -2.33. The van der Waals surface area contributed by atoms with Crippen LogP contribution in [0.5, 0.6) is 11.5 Å². The summed E-state index contributed by atoms with van der Waals surface area (Å²) in [5.74, 6) is 2.85. The van der Waals surface area contributed by atoms with Gasteiger partial charge in [-0.2, -0.15) is 0 Å². The van der Waals surface area contributed by atoms with Crippen LogP contribution in [0.3, 0.4) is 0 Å². The van der Waals surface area contributed by atoms with Crippen molar-refractivity contribution in [2.45, 2.75) is 72.8 Å². The number of carbonyl (C=O) groups excluding carboxylic acids is 1. The summed E-state index contributed by atoms with van der Waals surface area (Å²) < 4.78 is 18.0. The number of amides is 1. The predicted molar refractivity (Wildman–Crippen MR) is 139 cm³/mol. The first-order chi connectivity index (χ1) is 16.7. The number of benzene rings is 2. The van der Waals surface area contributed by atoms with Gasteiger partial charge in [0.1, 0.15) is 22.9 Å². The minimum atomic E-state index is -0.198. The van der Waals surface area contributed by atoms with Gasteiger partial charge in [-0.25, -0.2) is 0 Å². The van der Waals surface area contributed by atoms with E-state index in [0.29, 0.717) is 31.8 Å². The van der Waals surface area contributed by atoms with E-state index >= 15 is 0 Å². The first-order valence-electron chi connectivity index (χ1n) is 12.6. The molecule has 5 nitrogen and oxygen atoms in total. The standard InChI is InChI=1S/C30H37NO4/c1-7-33-26-11-9-8-10-22(26)15-17-31-29(32)27-13-12-23(34-27)18-25-19(2)20(3)28-24(21(25)4)14-16-30(5,6)35-28/h8-13H,7,14-18H2,1-6H3,(H,31,32). The normalized spacial score (nSPS) is 14.2. The molecule has 1 aliphatic rings. The smallest absolute Gasteiger partial charge is 0.287 e. The fourth-order valence-electron chi connectivity index (χ4n) is 4.89. The maximum absolute atomic E-state index is 12.7. The Labute approximate surface area is 208 Å². The number of nitrogens with one attached hydrogen (secondary N) is 1. The summed E-state index contributed by atoms with van der Waals surface area (Å²) in [4.78, 5) is 12.7. The average molecular weight is 476 g/mol. The van der Waals surface area contributed by atoms with Crippen molar-refractivity contribution in [1.82, 2.24) is 5.32 Å². The molecule has 2 heterocycles. The molecule has 0 saturated heterocycles. The highest BCUT2D eigenvalue weighted by Gasteiger charge is 2.30. The van der Waals surface area contributed by atoms with E-state index in [1.54, 1.807) is 6.07 Å². The van der Waals surface area contributed by atoms with Crippen molar-refractivity contribution in [3.8, 4) is 11.5 Å². The lowest BCUT2D eigenvalue weighted by molar-refractivity contribution is 0.0833. The number of hydrogen-bond acceptors (Lipinski definition) is 4. The maximum atomic E-state index is 12.7. The van der Waals surface area contributed by atoms with Crippen LogP contribution in [0.15, 0.2) is 40.8 Å². The molecule has 0 unspecified atom stereocenters. The van der Waals surface area contributed by atoms with Crippen LogP contribution in [0.2, 0.25) is 0 Å². The molecule has 1 amide bonds. The van der Waals surface area contributed by atoms with E-state index in [0.717, 1.165) is 35.7 Å². The second-order valence-corrected chi connectivity index (χ2v) is 10.0. The van der Waals surface area contributed by atoms with Crippen LogP contribution in [-0.4, -0.2) is 24.7 Å². The molecule has 0 atom stereocenters. The molecule has 186 valence electrons. The summed E-state index contributed by atoms with van der Waals surface area (Å²) in [5.41, 5.74) is 7.22. The van der Waals surface area contributed by atoms with E-state index in [-0.39, 0.29) is 11.5 Å². The Morgan fingerprint density at radius 1 is 1.06 bits per heavy atom. The van der Waals surface area contributed by atoms with E-state index < -0.39 is 0 Å². The van der Waals surface area contributed by atoms with Crippen molar-refractivity contribution >= 4 is 5.91 Å². The van der Waals surface area contributed by atoms with Crippen molar-refractivity contribution < 1.29 is 18.7 Å². The van der Waals surface area contributed by atoms with Gasteiger partial charge >= 0.3 is 0 Å². The second-order valence-electron chi connectivity index (χ2n) is 10.0. The summed E-state index contributed by atoms with van der Waals surface area (Å²) in [6, 6.07) is 11.6. The van der Waals surface area contributed by atoms with Crippen LogP contribution >= 0.6 is 0 Å². The molecule has 4 rings (SSSR count). The van der Waals surface area contributed by atoms with Crippen LogP contribution in [0, 0.1) is 20.8 Å². The first kappa shape index (κ1) is 24.9. The summed E-state index contributed by atoms with van der Waals surface area (Å²) in [5, 5.41) is 2.97. The van der Waals surface area contributed by atoms with E-state index in [1.165, 1.54) is 27.8 Å². The highest BCUT2D eigenvalue weighted by atomic mass is 16.5. The van der Waals surface area contributed by atoms with Crippen LogP contribution in [0.4, 0.5) is 0 Å². The third-order valence-electron chi connectivity index (χ3n) is 7.08. The zero-order valence-corrected chi connectivity index (χ0v) is 21.8. The lowest BCUT2D eigenvalue weighted by Gasteiger charge is -2.35. The molecule has 0 spiro atoms. The molecular weight excluding hydrogens is 438 g/mol. The van der Waals surface area contributed by atoms with E-state index in [1.807, 2.05) is 37.3 Å². The fraction of sp³-hybridized carbons (Fsp3) is 0.433. The van der Waals surface area contributed by atoms with Crippen LogP contribution in [-0.2, 0) is 19.3 Å². The minimum absolute atomic E-state index is 0.132. The van der Waals surface area contributed by atoms with E-state index in [2.05, 4.69) is 39.9 Å². The maximum Gasteiger partial charge on any atom is 0.287 e. The molecule has 0 radical (unpaired) electrons. The number of rotatable bonds is 8. The Hall–Kier alpha value is -3.21. The lowest BCUT2D eigenvalue weighted by atomic mass is 9.84. The molecular formula is C30H37NO4. The van der Waals surface area contributed by atoms with E-state index in [4.69, 9.17) is 13.9 Å². The Morgan fingerprint density at radius 2 is 1.83 bits per heavy atom. The summed E-state index contributed by atoms with van der Waals surface area (Å²) >= 11 is 0. The zero-order chi connectivity index (χ0) is 25.2. The van der Waals surface area contributed by atoms with Gasteiger partial charge in [-0.3, -0.25) is 4.79 Å². The van der Waals surface area contributed by atoms with Crippen molar-refractivity contribution in [1.29, 1.82) is 0 Å². The molecule has 1 aromatic heterocycles. The first-order valence-corrected chi connectivity index (χ1v) is 12.6. The van der Waals surface area contributed by atoms with Crippen molar-refractivity contribution in [2.24, 2.45) is 0 Å². The van der Waals surface area contributed by atoms with Gasteiger partial charge in [0.05, 0.1) is 6.61 Å². The molecule has 2 aromatic carbocycles. The van der Waals surface area contributed by atoms with Crippen LogP contribution in [0.25, 0.3) is 0 Å². The minimum Gasteiger partial charge on any atom is -0.494 e. The highest BCUT2D eigenvalue weighted by Crippen LogP contribution is 2.41. The number of furan rings is 1. The van der Waals surface area contributed by atoms with Crippen molar-refractivity contribution in [2.75, 3.05) is 13.2 Å². The fourth-order valence-corrected chi connectivity index (χ4v) is 4.89. The van der Waals surface area contributed by atoms with Crippen LogP contribution in [0.1, 0.15) is 76.9 Å². The largest absolute Gasteiger partial charge is 0.494 e. The second kappa shape index (κ2) is 10.2. The van der Waals surface area contributed by atoms with Gasteiger partial charge in [0.25, 0.3) is 5.91 Å². The summed E-state index contributed by atoms with van der Waals surface area (Å²) in [6.07, 6.45) is 3.37. The Balaban J connectivity index is 1.43. The molecule has 0 aliphatic carbocycles. The average Bonchev–Trinajstić information content (AvgIpc) is 3.30. The number of para-hydroxylation sites is 1. The van der Waals surface area contributed by atoms with Gasteiger partial charge in [-0.05, 0) is 112 Å². The van der Waals surface area contributed by atoms with Gasteiger partial charge in [-0.1, -0.05) is 18.2 Å². The molecule has 5 heteroatoms. The molecule has 3 aromatic rings.